The molecule has 0 radical (unpaired) electrons. The van der Waals surface area contributed by atoms with Crippen LogP contribution in [0.5, 0.6) is 0 Å². The largest absolute Gasteiger partial charge is 0.374 e. The van der Waals surface area contributed by atoms with E-state index in [9.17, 15) is 8.78 Å². The first-order chi connectivity index (χ1) is 9.70. The van der Waals surface area contributed by atoms with Gasteiger partial charge in [0.05, 0.1) is 23.8 Å². The fraction of sp³-hybridized carbons (Fsp3) is 0.286. The zero-order valence-electron chi connectivity index (χ0n) is 10.6. The summed E-state index contributed by atoms with van der Waals surface area (Å²) in [6.07, 6.45) is -2.46. The Morgan fingerprint density at radius 3 is 2.90 bits per heavy atom. The predicted molar refractivity (Wildman–Crippen MR) is 71.8 cm³/mol. The summed E-state index contributed by atoms with van der Waals surface area (Å²) in [5.74, 6) is 0.529. The van der Waals surface area contributed by atoms with Gasteiger partial charge in [-0.15, -0.1) is 0 Å². The van der Waals surface area contributed by atoms with Crippen LogP contribution in [-0.2, 0) is 4.74 Å². The zero-order valence-corrected chi connectivity index (χ0v) is 10.6. The molecular formula is C14H13F2N3O. The number of anilines is 1. The maximum absolute atomic E-state index is 11.9. The van der Waals surface area contributed by atoms with Crippen molar-refractivity contribution in [2.45, 2.75) is 6.43 Å². The normalized spacial score (nSPS) is 10.7. The van der Waals surface area contributed by atoms with Crippen LogP contribution < -0.4 is 5.32 Å². The summed E-state index contributed by atoms with van der Waals surface area (Å²) < 4.78 is 28.5. The average molecular weight is 277 g/mol. The van der Waals surface area contributed by atoms with Crippen LogP contribution in [0.3, 0.4) is 0 Å². The van der Waals surface area contributed by atoms with E-state index in [4.69, 9.17) is 10.00 Å². The molecule has 2 aromatic rings. The maximum atomic E-state index is 11.9. The van der Waals surface area contributed by atoms with Gasteiger partial charge in [-0.2, -0.15) is 5.26 Å². The van der Waals surface area contributed by atoms with Gasteiger partial charge in [-0.3, -0.25) is 0 Å². The number of nitrogens with zero attached hydrogens (tertiary/aromatic N) is 2. The highest BCUT2D eigenvalue weighted by atomic mass is 19.3. The zero-order chi connectivity index (χ0) is 14.4. The second-order valence-corrected chi connectivity index (χ2v) is 4.08. The lowest BCUT2D eigenvalue weighted by Gasteiger charge is -2.08. The number of ether oxygens (including phenoxy) is 1. The smallest absolute Gasteiger partial charge is 0.261 e. The molecule has 1 aromatic heterocycles. The summed E-state index contributed by atoms with van der Waals surface area (Å²) in [7, 11) is 0. The van der Waals surface area contributed by atoms with Crippen molar-refractivity contribution in [1.82, 2.24) is 4.98 Å². The Labute approximate surface area is 115 Å². The van der Waals surface area contributed by atoms with Crippen molar-refractivity contribution in [3.05, 3.63) is 35.9 Å². The highest BCUT2D eigenvalue weighted by Gasteiger charge is 2.05. The molecule has 104 valence electrons. The van der Waals surface area contributed by atoms with E-state index in [-0.39, 0.29) is 6.61 Å². The van der Waals surface area contributed by atoms with Crippen molar-refractivity contribution >= 4 is 16.7 Å². The minimum absolute atomic E-state index is 0.154. The van der Waals surface area contributed by atoms with E-state index in [1.807, 2.05) is 24.3 Å². The quantitative estimate of drug-likeness (QED) is 0.825. The van der Waals surface area contributed by atoms with Crippen LogP contribution in [0.25, 0.3) is 10.9 Å². The van der Waals surface area contributed by atoms with Crippen molar-refractivity contribution in [2.75, 3.05) is 25.1 Å². The molecule has 2 rings (SSSR count). The summed E-state index contributed by atoms with van der Waals surface area (Å²) in [6, 6.07) is 11.1. The number of alkyl halides is 2. The van der Waals surface area contributed by atoms with Crippen LogP contribution in [0.2, 0.25) is 0 Å². The van der Waals surface area contributed by atoms with Crippen molar-refractivity contribution in [3.63, 3.8) is 0 Å². The van der Waals surface area contributed by atoms with E-state index < -0.39 is 13.0 Å². The van der Waals surface area contributed by atoms with Crippen molar-refractivity contribution < 1.29 is 13.5 Å². The summed E-state index contributed by atoms with van der Waals surface area (Å²) in [4.78, 5) is 4.35. The maximum Gasteiger partial charge on any atom is 0.261 e. The van der Waals surface area contributed by atoms with Gasteiger partial charge < -0.3 is 10.1 Å². The van der Waals surface area contributed by atoms with Crippen LogP contribution in [0.1, 0.15) is 5.56 Å². The monoisotopic (exact) mass is 277 g/mol. The van der Waals surface area contributed by atoms with E-state index in [0.717, 1.165) is 5.39 Å². The first-order valence-corrected chi connectivity index (χ1v) is 6.10. The molecule has 1 N–H and O–H groups in total. The number of benzene rings is 1. The number of nitriles is 1. The van der Waals surface area contributed by atoms with Crippen molar-refractivity contribution in [3.8, 4) is 6.07 Å². The summed E-state index contributed by atoms with van der Waals surface area (Å²) in [5, 5.41) is 12.9. The van der Waals surface area contributed by atoms with Crippen LogP contribution >= 0.6 is 0 Å². The van der Waals surface area contributed by atoms with Gasteiger partial charge in [-0.1, -0.05) is 18.2 Å². The summed E-state index contributed by atoms with van der Waals surface area (Å²) in [6.45, 7) is -0.0695. The fourth-order valence-electron chi connectivity index (χ4n) is 1.78. The lowest BCUT2D eigenvalue weighted by Crippen LogP contribution is -2.13. The molecule has 1 aromatic carbocycles. The number of aromatic nitrogens is 1. The number of hydrogen-bond donors (Lipinski definition) is 1. The molecule has 0 atom stereocenters. The van der Waals surface area contributed by atoms with Crippen LogP contribution in [0, 0.1) is 11.3 Å². The Hall–Kier alpha value is -2.26. The van der Waals surface area contributed by atoms with Gasteiger partial charge in [-0.25, -0.2) is 13.8 Å². The number of halogens is 2. The number of hydrogen-bond acceptors (Lipinski definition) is 4. The second-order valence-electron chi connectivity index (χ2n) is 4.08. The van der Waals surface area contributed by atoms with Gasteiger partial charge in [-0.05, 0) is 12.1 Å². The molecule has 0 aliphatic carbocycles. The van der Waals surface area contributed by atoms with Gasteiger partial charge in [0, 0.05) is 11.9 Å². The first kappa shape index (κ1) is 14.2. The van der Waals surface area contributed by atoms with Crippen LogP contribution in [0.15, 0.2) is 30.3 Å². The Bertz CT molecular complexity index is 625. The highest BCUT2D eigenvalue weighted by Crippen LogP contribution is 2.19. The van der Waals surface area contributed by atoms with E-state index in [1.54, 1.807) is 6.07 Å². The number of nitrogens with one attached hydrogen (secondary N) is 1. The van der Waals surface area contributed by atoms with Gasteiger partial charge >= 0.3 is 0 Å². The van der Waals surface area contributed by atoms with E-state index in [1.165, 1.54) is 0 Å². The third kappa shape index (κ3) is 3.62. The molecule has 0 aliphatic heterocycles. The highest BCUT2D eigenvalue weighted by molar-refractivity contribution is 5.86. The van der Waals surface area contributed by atoms with Crippen molar-refractivity contribution in [1.29, 1.82) is 5.26 Å². The topological polar surface area (TPSA) is 57.9 Å². The molecule has 0 bridgehead atoms. The van der Waals surface area contributed by atoms with E-state index in [0.29, 0.717) is 23.4 Å². The van der Waals surface area contributed by atoms with Gasteiger partial charge in [0.15, 0.2) is 0 Å². The fourth-order valence-corrected chi connectivity index (χ4v) is 1.78. The molecule has 0 saturated carbocycles. The molecule has 0 unspecified atom stereocenters. The third-order valence-electron chi connectivity index (χ3n) is 2.63. The average Bonchev–Trinajstić information content (AvgIpc) is 2.45. The Balaban J connectivity index is 2.02. The summed E-state index contributed by atoms with van der Waals surface area (Å²) in [5.41, 5.74) is 1.23. The van der Waals surface area contributed by atoms with Gasteiger partial charge in [0.2, 0.25) is 0 Å². The van der Waals surface area contributed by atoms with Crippen LogP contribution in [0.4, 0.5) is 14.6 Å². The minimum Gasteiger partial charge on any atom is -0.374 e. The van der Waals surface area contributed by atoms with E-state index in [2.05, 4.69) is 16.4 Å². The third-order valence-corrected chi connectivity index (χ3v) is 2.63. The molecule has 0 aliphatic rings. The SMILES string of the molecule is N#Cc1cc(NCCOCC(F)F)nc2ccccc12. The lowest BCUT2D eigenvalue weighted by molar-refractivity contribution is 0.0215. The van der Waals surface area contributed by atoms with Gasteiger partial charge in [0.1, 0.15) is 12.4 Å². The first-order valence-electron chi connectivity index (χ1n) is 6.10. The van der Waals surface area contributed by atoms with Gasteiger partial charge in [0.25, 0.3) is 6.43 Å². The summed E-state index contributed by atoms with van der Waals surface area (Å²) >= 11 is 0. The molecule has 0 saturated heterocycles. The molecule has 20 heavy (non-hydrogen) atoms. The van der Waals surface area contributed by atoms with E-state index >= 15 is 0 Å². The molecule has 0 spiro atoms. The Kier molecular flexibility index (Phi) is 4.80. The molecule has 1 heterocycles. The minimum atomic E-state index is -2.46. The number of para-hydroxylation sites is 1. The molecule has 0 fully saturated rings. The number of rotatable bonds is 6. The predicted octanol–water partition coefficient (Wildman–Crippen LogP) is 2.80. The molecule has 6 heteroatoms. The van der Waals surface area contributed by atoms with Crippen LogP contribution in [-0.4, -0.2) is 31.2 Å². The molecule has 4 nitrogen and oxygen atoms in total. The number of pyridine rings is 1. The Morgan fingerprint density at radius 2 is 2.15 bits per heavy atom. The molecule has 0 amide bonds. The molecular weight excluding hydrogens is 264 g/mol. The Morgan fingerprint density at radius 1 is 1.35 bits per heavy atom. The lowest BCUT2D eigenvalue weighted by atomic mass is 10.1. The standard InChI is InChI=1S/C14H13F2N3O/c15-13(16)9-20-6-5-18-14-7-10(8-17)11-3-1-2-4-12(11)19-14/h1-4,7,13H,5-6,9H2,(H,18,19). The van der Waals surface area contributed by atoms with Crippen molar-refractivity contribution in [2.24, 2.45) is 0 Å². The number of fused-ring (bicyclic) bond motifs is 1. The second kappa shape index (κ2) is 6.78.